The number of benzene rings is 2. The van der Waals surface area contributed by atoms with Crippen LogP contribution in [0.4, 0.5) is 14.3 Å². The number of carbonyl (C=O) groups excluding carboxylic acids is 2. The molecule has 3 rings (SSSR count). The van der Waals surface area contributed by atoms with Crippen molar-refractivity contribution in [1.29, 1.82) is 0 Å². The summed E-state index contributed by atoms with van der Waals surface area (Å²) in [6, 6.07) is 11.6. The van der Waals surface area contributed by atoms with Crippen LogP contribution in [-0.4, -0.2) is 36.7 Å². The summed E-state index contributed by atoms with van der Waals surface area (Å²) in [4.78, 5) is 31.5. The summed E-state index contributed by atoms with van der Waals surface area (Å²) < 4.78 is 24.9. The predicted octanol–water partition coefficient (Wildman–Crippen LogP) is 5.26. The van der Waals surface area contributed by atoms with E-state index >= 15 is 0 Å². The molecule has 1 heterocycles. The number of thiazole rings is 1. The molecule has 0 fully saturated rings. The van der Waals surface area contributed by atoms with Crippen LogP contribution in [-0.2, 0) is 11.3 Å². The lowest BCUT2D eigenvalue weighted by molar-refractivity contribution is 0.0577. The van der Waals surface area contributed by atoms with Crippen molar-refractivity contribution in [3.63, 3.8) is 0 Å². The molecule has 9 heteroatoms. The molecule has 3 aromatic rings. The number of halogens is 1. The molecule has 2 aromatic carbocycles. The average molecular weight is 472 g/mol. The summed E-state index contributed by atoms with van der Waals surface area (Å²) in [6.07, 6.45) is 1.05. The summed E-state index contributed by atoms with van der Waals surface area (Å²) in [6.45, 7) is 5.62. The van der Waals surface area contributed by atoms with Crippen LogP contribution in [0.1, 0.15) is 36.7 Å². The SMILES string of the molecule is CNC(=O)c1cc(-c2cnc(N(Cc3ccc(OC)cc3)C(=O)OC(C)(C)C)s2)ccc1F. The van der Waals surface area contributed by atoms with E-state index in [1.54, 1.807) is 40.1 Å². The maximum Gasteiger partial charge on any atom is 0.416 e. The zero-order chi connectivity index (χ0) is 24.2. The van der Waals surface area contributed by atoms with Crippen LogP contribution >= 0.6 is 11.3 Å². The summed E-state index contributed by atoms with van der Waals surface area (Å²) in [7, 11) is 3.03. The van der Waals surface area contributed by atoms with E-state index in [-0.39, 0.29) is 12.1 Å². The van der Waals surface area contributed by atoms with Crippen LogP contribution in [0.5, 0.6) is 5.75 Å². The van der Waals surface area contributed by atoms with E-state index < -0.39 is 23.4 Å². The molecule has 33 heavy (non-hydrogen) atoms. The monoisotopic (exact) mass is 471 g/mol. The van der Waals surface area contributed by atoms with Crippen molar-refractivity contribution >= 4 is 28.5 Å². The zero-order valence-electron chi connectivity index (χ0n) is 19.1. The first-order valence-electron chi connectivity index (χ1n) is 10.2. The van der Waals surface area contributed by atoms with Gasteiger partial charge in [-0.1, -0.05) is 29.5 Å². The molecule has 0 atom stereocenters. The zero-order valence-corrected chi connectivity index (χ0v) is 20.0. The molecular formula is C24H26FN3O4S. The van der Waals surface area contributed by atoms with Crippen molar-refractivity contribution in [2.75, 3.05) is 19.1 Å². The van der Waals surface area contributed by atoms with Crippen LogP contribution < -0.4 is 15.0 Å². The van der Waals surface area contributed by atoms with Crippen molar-refractivity contribution in [3.8, 4) is 16.2 Å². The van der Waals surface area contributed by atoms with E-state index in [1.807, 2.05) is 24.3 Å². The van der Waals surface area contributed by atoms with Crippen molar-refractivity contribution in [2.45, 2.75) is 32.9 Å². The molecule has 0 radical (unpaired) electrons. The Bertz CT molecular complexity index is 1140. The van der Waals surface area contributed by atoms with Gasteiger partial charge in [0.15, 0.2) is 5.13 Å². The molecular weight excluding hydrogens is 445 g/mol. The van der Waals surface area contributed by atoms with E-state index in [9.17, 15) is 14.0 Å². The molecule has 0 unspecified atom stereocenters. The lowest BCUT2D eigenvalue weighted by atomic mass is 10.1. The van der Waals surface area contributed by atoms with Crippen molar-refractivity contribution in [2.24, 2.45) is 0 Å². The van der Waals surface area contributed by atoms with E-state index in [2.05, 4.69) is 10.3 Å². The lowest BCUT2D eigenvalue weighted by Crippen LogP contribution is -2.36. The first-order chi connectivity index (χ1) is 15.6. The molecule has 0 bridgehead atoms. The van der Waals surface area contributed by atoms with Crippen LogP contribution in [0, 0.1) is 5.82 Å². The number of nitrogens with zero attached hydrogens (tertiary/aromatic N) is 2. The Kier molecular flexibility index (Phi) is 7.33. The Morgan fingerprint density at radius 3 is 2.45 bits per heavy atom. The Morgan fingerprint density at radius 2 is 1.85 bits per heavy atom. The molecule has 0 saturated carbocycles. The Hall–Kier alpha value is -3.46. The van der Waals surface area contributed by atoms with Crippen LogP contribution in [0.25, 0.3) is 10.4 Å². The first kappa shape index (κ1) is 24.2. The molecule has 0 aliphatic heterocycles. The molecule has 7 nitrogen and oxygen atoms in total. The molecule has 0 saturated heterocycles. The van der Waals surface area contributed by atoms with Crippen molar-refractivity contribution in [1.82, 2.24) is 10.3 Å². The molecule has 2 amide bonds. The minimum Gasteiger partial charge on any atom is -0.497 e. The minimum atomic E-state index is -0.686. The van der Waals surface area contributed by atoms with Gasteiger partial charge in [0.25, 0.3) is 5.91 Å². The number of aromatic nitrogens is 1. The van der Waals surface area contributed by atoms with Crippen LogP contribution in [0.2, 0.25) is 0 Å². The molecule has 1 N–H and O–H groups in total. The fraction of sp³-hybridized carbons (Fsp3) is 0.292. The number of carbonyl (C=O) groups is 2. The number of hydrogen-bond acceptors (Lipinski definition) is 6. The van der Waals surface area contributed by atoms with E-state index in [1.165, 1.54) is 35.4 Å². The van der Waals surface area contributed by atoms with Gasteiger partial charge < -0.3 is 14.8 Å². The molecule has 0 aliphatic rings. The van der Waals surface area contributed by atoms with Gasteiger partial charge in [-0.05, 0) is 56.2 Å². The van der Waals surface area contributed by atoms with Gasteiger partial charge in [0, 0.05) is 13.2 Å². The van der Waals surface area contributed by atoms with E-state index in [0.29, 0.717) is 21.3 Å². The summed E-state index contributed by atoms with van der Waals surface area (Å²) in [5, 5.41) is 2.84. The summed E-state index contributed by atoms with van der Waals surface area (Å²) in [5.41, 5.74) is 0.732. The van der Waals surface area contributed by atoms with E-state index in [4.69, 9.17) is 9.47 Å². The van der Waals surface area contributed by atoms with Gasteiger partial charge in [0.2, 0.25) is 0 Å². The summed E-state index contributed by atoms with van der Waals surface area (Å²) in [5.74, 6) is -0.422. The minimum absolute atomic E-state index is 0.0628. The highest BCUT2D eigenvalue weighted by atomic mass is 32.1. The Labute approximate surface area is 196 Å². The quantitative estimate of drug-likeness (QED) is 0.530. The molecule has 0 spiro atoms. The van der Waals surface area contributed by atoms with Gasteiger partial charge in [0.1, 0.15) is 17.2 Å². The van der Waals surface area contributed by atoms with Gasteiger partial charge in [-0.3, -0.25) is 4.79 Å². The fourth-order valence-corrected chi connectivity index (χ4v) is 3.85. The Morgan fingerprint density at radius 1 is 1.15 bits per heavy atom. The highest BCUT2D eigenvalue weighted by molar-refractivity contribution is 7.19. The van der Waals surface area contributed by atoms with Crippen LogP contribution in [0.15, 0.2) is 48.7 Å². The van der Waals surface area contributed by atoms with Crippen LogP contribution in [0.3, 0.4) is 0 Å². The Balaban J connectivity index is 1.94. The maximum atomic E-state index is 14.1. The van der Waals surface area contributed by atoms with Crippen molar-refractivity contribution in [3.05, 3.63) is 65.6 Å². The smallest absolute Gasteiger partial charge is 0.416 e. The lowest BCUT2D eigenvalue weighted by Gasteiger charge is -2.26. The third kappa shape index (κ3) is 6.07. The number of methoxy groups -OCH3 is 1. The second kappa shape index (κ2) is 9.99. The highest BCUT2D eigenvalue weighted by Crippen LogP contribution is 2.33. The van der Waals surface area contributed by atoms with Gasteiger partial charge in [-0.25, -0.2) is 19.1 Å². The molecule has 174 valence electrons. The average Bonchev–Trinajstić information content (AvgIpc) is 3.26. The van der Waals surface area contributed by atoms with Gasteiger partial charge >= 0.3 is 6.09 Å². The topological polar surface area (TPSA) is 80.8 Å². The molecule has 1 aromatic heterocycles. The number of rotatable bonds is 6. The van der Waals surface area contributed by atoms with Gasteiger partial charge in [-0.15, -0.1) is 0 Å². The maximum absolute atomic E-state index is 14.1. The highest BCUT2D eigenvalue weighted by Gasteiger charge is 2.26. The number of anilines is 1. The largest absolute Gasteiger partial charge is 0.497 e. The second-order valence-electron chi connectivity index (χ2n) is 8.20. The number of ether oxygens (including phenoxy) is 2. The van der Waals surface area contributed by atoms with Crippen molar-refractivity contribution < 1.29 is 23.5 Å². The third-order valence-electron chi connectivity index (χ3n) is 4.56. The standard InChI is InChI=1S/C24H26FN3O4S/c1-24(2,3)32-23(30)28(14-15-6-9-17(31-5)10-7-15)22-27-13-20(33-22)16-8-11-19(25)18(12-16)21(29)26-4/h6-13H,14H2,1-5H3,(H,26,29). The first-order valence-corrected chi connectivity index (χ1v) is 11.0. The normalized spacial score (nSPS) is 11.1. The molecule has 0 aliphatic carbocycles. The fourth-order valence-electron chi connectivity index (χ4n) is 2.95. The number of amides is 2. The van der Waals surface area contributed by atoms with Gasteiger partial charge in [0.05, 0.1) is 24.1 Å². The number of hydrogen-bond donors (Lipinski definition) is 1. The third-order valence-corrected chi connectivity index (χ3v) is 5.63. The van der Waals surface area contributed by atoms with Gasteiger partial charge in [-0.2, -0.15) is 0 Å². The van der Waals surface area contributed by atoms with E-state index in [0.717, 1.165) is 5.56 Å². The predicted molar refractivity (Wildman–Crippen MR) is 126 cm³/mol. The number of nitrogens with one attached hydrogen (secondary N) is 1. The summed E-state index contributed by atoms with van der Waals surface area (Å²) >= 11 is 1.24. The second-order valence-corrected chi connectivity index (χ2v) is 9.20.